The maximum atomic E-state index is 10.4. The topological polar surface area (TPSA) is 78.3 Å². The highest BCUT2D eigenvalue weighted by Crippen LogP contribution is 2.22. The van der Waals surface area contributed by atoms with E-state index in [1.807, 2.05) is 13.0 Å². The van der Waals surface area contributed by atoms with E-state index < -0.39 is 6.09 Å². The molecule has 0 heterocycles. The van der Waals surface area contributed by atoms with Gasteiger partial charge < -0.3 is 16.2 Å². The number of carbonyl (C=O) groups is 1. The predicted molar refractivity (Wildman–Crippen MR) is 50.4 cm³/mol. The minimum atomic E-state index is -0.851. The van der Waals surface area contributed by atoms with Crippen LogP contribution in [0.1, 0.15) is 12.5 Å². The smallest absolute Gasteiger partial charge is 0.408 e. The molecule has 0 saturated heterocycles. The molecule has 70 valence electrons. The Labute approximate surface area is 76.5 Å². The quantitative estimate of drug-likeness (QED) is 0.673. The molecule has 0 aliphatic carbocycles. The van der Waals surface area contributed by atoms with Crippen molar-refractivity contribution in [3.63, 3.8) is 0 Å². The summed E-state index contributed by atoms with van der Waals surface area (Å²) >= 11 is 0. The Bertz CT molecular complexity index is 323. The van der Waals surface area contributed by atoms with E-state index >= 15 is 0 Å². The van der Waals surface area contributed by atoms with Gasteiger partial charge in [0, 0.05) is 0 Å². The number of nitrogen functional groups attached to an aromatic ring is 1. The Kier molecular flexibility index (Phi) is 2.74. The van der Waals surface area contributed by atoms with Crippen molar-refractivity contribution in [2.24, 2.45) is 5.73 Å². The second-order valence-electron chi connectivity index (χ2n) is 2.65. The largest absolute Gasteiger partial charge is 0.410 e. The highest BCUT2D eigenvalue weighted by Gasteiger charge is 2.03. The zero-order valence-corrected chi connectivity index (χ0v) is 7.41. The van der Waals surface area contributed by atoms with E-state index in [2.05, 4.69) is 4.74 Å². The standard InChI is InChI=1S/C9H12N2O2/c1-2-6-3-4-8(7(10)5-6)13-9(11)12/h3-5H,2,10H2,1H3,(H2,11,12). The molecule has 0 aliphatic rings. The molecule has 0 fully saturated rings. The fourth-order valence-electron chi connectivity index (χ4n) is 1.02. The van der Waals surface area contributed by atoms with Gasteiger partial charge in [-0.3, -0.25) is 0 Å². The molecule has 0 aliphatic heterocycles. The molecule has 1 aromatic rings. The zero-order valence-electron chi connectivity index (χ0n) is 7.41. The average molecular weight is 180 g/mol. The summed E-state index contributed by atoms with van der Waals surface area (Å²) in [6.07, 6.45) is 0.0390. The highest BCUT2D eigenvalue weighted by molar-refractivity contribution is 5.71. The van der Waals surface area contributed by atoms with Crippen molar-refractivity contribution in [1.82, 2.24) is 0 Å². The lowest BCUT2D eigenvalue weighted by molar-refractivity contribution is 0.211. The Morgan fingerprint density at radius 2 is 2.23 bits per heavy atom. The summed E-state index contributed by atoms with van der Waals surface area (Å²) in [4.78, 5) is 10.4. The molecular formula is C9H12N2O2. The Morgan fingerprint density at radius 1 is 1.54 bits per heavy atom. The van der Waals surface area contributed by atoms with Crippen molar-refractivity contribution in [1.29, 1.82) is 0 Å². The Hall–Kier alpha value is -1.71. The van der Waals surface area contributed by atoms with Gasteiger partial charge in [0.25, 0.3) is 0 Å². The van der Waals surface area contributed by atoms with Crippen molar-refractivity contribution >= 4 is 11.8 Å². The lowest BCUT2D eigenvalue weighted by Gasteiger charge is -2.05. The number of aryl methyl sites for hydroxylation is 1. The number of anilines is 1. The number of ether oxygens (including phenoxy) is 1. The maximum absolute atomic E-state index is 10.4. The summed E-state index contributed by atoms with van der Waals surface area (Å²) in [5.74, 6) is 0.310. The van der Waals surface area contributed by atoms with Crippen molar-refractivity contribution in [2.75, 3.05) is 5.73 Å². The molecule has 0 unspecified atom stereocenters. The third kappa shape index (κ3) is 2.37. The monoisotopic (exact) mass is 180 g/mol. The summed E-state index contributed by atoms with van der Waals surface area (Å²) in [5, 5.41) is 0. The average Bonchev–Trinajstić information content (AvgIpc) is 2.08. The molecule has 4 heteroatoms. The molecule has 0 aromatic heterocycles. The molecule has 0 atom stereocenters. The van der Waals surface area contributed by atoms with Crippen molar-refractivity contribution in [3.8, 4) is 5.75 Å². The van der Waals surface area contributed by atoms with Crippen LogP contribution in [0.25, 0.3) is 0 Å². The number of carbonyl (C=O) groups excluding carboxylic acids is 1. The van der Waals surface area contributed by atoms with E-state index in [1.165, 1.54) is 0 Å². The minimum absolute atomic E-state index is 0.310. The number of rotatable bonds is 2. The third-order valence-corrected chi connectivity index (χ3v) is 1.69. The van der Waals surface area contributed by atoms with Crippen LogP contribution in [0.15, 0.2) is 18.2 Å². The highest BCUT2D eigenvalue weighted by atomic mass is 16.5. The van der Waals surface area contributed by atoms with Crippen LogP contribution in [-0.4, -0.2) is 6.09 Å². The van der Waals surface area contributed by atoms with Gasteiger partial charge in [0.15, 0.2) is 5.75 Å². The number of primary amides is 1. The minimum Gasteiger partial charge on any atom is -0.408 e. The van der Waals surface area contributed by atoms with Crippen molar-refractivity contribution < 1.29 is 9.53 Å². The van der Waals surface area contributed by atoms with Crippen LogP contribution in [0.2, 0.25) is 0 Å². The van der Waals surface area contributed by atoms with E-state index in [-0.39, 0.29) is 0 Å². The molecule has 0 saturated carbocycles. The van der Waals surface area contributed by atoms with E-state index in [1.54, 1.807) is 12.1 Å². The lowest BCUT2D eigenvalue weighted by Crippen LogP contribution is -2.17. The molecule has 4 nitrogen and oxygen atoms in total. The molecule has 0 radical (unpaired) electrons. The van der Waals surface area contributed by atoms with Gasteiger partial charge in [0.2, 0.25) is 0 Å². The lowest BCUT2D eigenvalue weighted by atomic mass is 10.1. The van der Waals surface area contributed by atoms with Crippen LogP contribution < -0.4 is 16.2 Å². The molecule has 0 bridgehead atoms. The van der Waals surface area contributed by atoms with Gasteiger partial charge in [-0.1, -0.05) is 13.0 Å². The first-order valence-corrected chi connectivity index (χ1v) is 3.99. The first kappa shape index (κ1) is 9.38. The summed E-state index contributed by atoms with van der Waals surface area (Å²) < 4.78 is 4.66. The van der Waals surface area contributed by atoms with E-state index in [9.17, 15) is 4.79 Å². The van der Waals surface area contributed by atoms with Gasteiger partial charge in [0.05, 0.1) is 5.69 Å². The van der Waals surface area contributed by atoms with Crippen LogP contribution in [0.4, 0.5) is 10.5 Å². The van der Waals surface area contributed by atoms with Gasteiger partial charge in [-0.15, -0.1) is 0 Å². The fraction of sp³-hybridized carbons (Fsp3) is 0.222. The van der Waals surface area contributed by atoms with Crippen molar-refractivity contribution in [2.45, 2.75) is 13.3 Å². The van der Waals surface area contributed by atoms with Crippen LogP contribution in [-0.2, 0) is 6.42 Å². The molecular weight excluding hydrogens is 168 g/mol. The maximum Gasteiger partial charge on any atom is 0.410 e. The molecule has 4 N–H and O–H groups in total. The number of hydrogen-bond donors (Lipinski definition) is 2. The third-order valence-electron chi connectivity index (χ3n) is 1.69. The van der Waals surface area contributed by atoms with Crippen LogP contribution >= 0.6 is 0 Å². The van der Waals surface area contributed by atoms with E-state index in [0.717, 1.165) is 12.0 Å². The molecule has 1 aromatic carbocycles. The molecule has 0 spiro atoms. The number of hydrogen-bond acceptors (Lipinski definition) is 3. The SMILES string of the molecule is CCc1ccc(OC(N)=O)c(N)c1. The van der Waals surface area contributed by atoms with Gasteiger partial charge in [-0.25, -0.2) is 4.79 Å². The van der Waals surface area contributed by atoms with Crippen molar-refractivity contribution in [3.05, 3.63) is 23.8 Å². The first-order chi connectivity index (χ1) is 6.13. The van der Waals surface area contributed by atoms with Gasteiger partial charge in [-0.05, 0) is 24.1 Å². The second kappa shape index (κ2) is 3.80. The summed E-state index contributed by atoms with van der Waals surface area (Å²) in [6, 6.07) is 5.24. The fourth-order valence-corrected chi connectivity index (χ4v) is 1.02. The first-order valence-electron chi connectivity index (χ1n) is 3.99. The van der Waals surface area contributed by atoms with Crippen LogP contribution in [0.5, 0.6) is 5.75 Å². The Morgan fingerprint density at radius 3 is 2.69 bits per heavy atom. The number of amides is 1. The van der Waals surface area contributed by atoms with E-state index in [0.29, 0.717) is 11.4 Å². The van der Waals surface area contributed by atoms with Gasteiger partial charge >= 0.3 is 6.09 Å². The molecule has 1 amide bonds. The van der Waals surface area contributed by atoms with E-state index in [4.69, 9.17) is 11.5 Å². The van der Waals surface area contributed by atoms with Crippen LogP contribution in [0, 0.1) is 0 Å². The molecule has 13 heavy (non-hydrogen) atoms. The zero-order chi connectivity index (χ0) is 9.84. The molecule has 1 rings (SSSR count). The summed E-state index contributed by atoms with van der Waals surface area (Å²) in [5.41, 5.74) is 12.0. The number of benzene rings is 1. The predicted octanol–water partition coefficient (Wildman–Crippen LogP) is 1.29. The van der Waals surface area contributed by atoms with Gasteiger partial charge in [-0.2, -0.15) is 0 Å². The van der Waals surface area contributed by atoms with Gasteiger partial charge in [0.1, 0.15) is 0 Å². The number of nitrogens with two attached hydrogens (primary N) is 2. The Balaban J connectivity index is 2.91. The summed E-state index contributed by atoms with van der Waals surface area (Å²) in [6.45, 7) is 2.02. The van der Waals surface area contributed by atoms with Crippen LogP contribution in [0.3, 0.4) is 0 Å². The normalized spacial score (nSPS) is 9.62. The second-order valence-corrected chi connectivity index (χ2v) is 2.65. The summed E-state index contributed by atoms with van der Waals surface area (Å²) in [7, 11) is 0.